The van der Waals surface area contributed by atoms with E-state index in [1.807, 2.05) is 0 Å². The molecule has 0 fully saturated rings. The summed E-state index contributed by atoms with van der Waals surface area (Å²) < 4.78 is 5.57. The molecule has 2 aliphatic rings. The third kappa shape index (κ3) is 4.29. The van der Waals surface area contributed by atoms with Gasteiger partial charge in [0.05, 0.1) is 23.0 Å². The van der Waals surface area contributed by atoms with Gasteiger partial charge in [-0.05, 0) is 24.3 Å². The number of hydroxylamine groups is 2. The van der Waals surface area contributed by atoms with Gasteiger partial charge in [0.25, 0.3) is 0 Å². The Bertz CT molecular complexity index is 967. The van der Waals surface area contributed by atoms with Crippen LogP contribution in [0.25, 0.3) is 0 Å². The number of hydrogen-bond acceptors (Lipinski definition) is 9. The first kappa shape index (κ1) is 20.1. The van der Waals surface area contributed by atoms with Crippen LogP contribution in [-0.4, -0.2) is 88.3 Å². The Kier molecular flexibility index (Phi) is 6.42. The number of fused-ring (bicyclic) bond motifs is 1. The predicted molar refractivity (Wildman–Crippen MR) is 103 cm³/mol. The van der Waals surface area contributed by atoms with E-state index in [4.69, 9.17) is 4.74 Å². The zero-order valence-electron chi connectivity index (χ0n) is 13.1. The van der Waals surface area contributed by atoms with Crippen molar-refractivity contribution in [2.24, 2.45) is 9.98 Å². The van der Waals surface area contributed by atoms with Gasteiger partial charge in [-0.25, -0.2) is 15.0 Å². The number of nitro groups is 1. The zero-order valence-corrected chi connectivity index (χ0v) is 13.9. The van der Waals surface area contributed by atoms with Gasteiger partial charge < -0.3 is 4.74 Å². The molecule has 0 amide bonds. The number of aromatic nitrogens is 1. The molecule has 9 nitrogen and oxygen atoms in total. The van der Waals surface area contributed by atoms with E-state index in [1.165, 1.54) is 36.4 Å². The number of thioether (sulfide) groups is 1. The van der Waals surface area contributed by atoms with Crippen LogP contribution < -0.4 is 4.74 Å². The number of benzene rings is 1. The van der Waals surface area contributed by atoms with Crippen molar-refractivity contribution >= 4 is 80.2 Å². The molecule has 0 saturated carbocycles. The SMILES string of the molecule is O=[N+]([O-])c1cc(C2=NC3=CN=CN(O)C3S2)ccc1Oc1cccnc1.[KH]. The molecule has 1 unspecified atom stereocenters. The van der Waals surface area contributed by atoms with E-state index < -0.39 is 10.3 Å². The summed E-state index contributed by atoms with van der Waals surface area (Å²) in [5, 5.41) is 22.4. The molecule has 2 aromatic rings. The fraction of sp³-hybridized carbons (Fsp3) is 0.0625. The van der Waals surface area contributed by atoms with E-state index in [0.717, 1.165) is 5.06 Å². The third-order valence-corrected chi connectivity index (χ3v) is 4.83. The molecule has 3 heterocycles. The van der Waals surface area contributed by atoms with Crippen LogP contribution in [0.3, 0.4) is 0 Å². The van der Waals surface area contributed by atoms with Gasteiger partial charge in [-0.2, -0.15) is 0 Å². The third-order valence-electron chi connectivity index (χ3n) is 3.60. The van der Waals surface area contributed by atoms with Crippen LogP contribution in [-0.2, 0) is 0 Å². The van der Waals surface area contributed by atoms with Crippen LogP contribution in [0.5, 0.6) is 11.5 Å². The molecular formula is C16H12KN5O4S. The molecule has 0 bridgehead atoms. The maximum atomic E-state index is 11.5. The van der Waals surface area contributed by atoms with Crippen LogP contribution in [0.4, 0.5) is 5.69 Å². The van der Waals surface area contributed by atoms with Crippen LogP contribution in [0.15, 0.2) is 64.6 Å². The van der Waals surface area contributed by atoms with Crippen LogP contribution in [0.2, 0.25) is 0 Å². The molecule has 2 aliphatic heterocycles. The normalized spacial score (nSPS) is 17.5. The van der Waals surface area contributed by atoms with E-state index in [1.54, 1.807) is 30.6 Å². The van der Waals surface area contributed by atoms with Crippen molar-refractivity contribution < 1.29 is 14.9 Å². The molecular weight excluding hydrogens is 397 g/mol. The number of nitrogens with zero attached hydrogens (tertiary/aromatic N) is 5. The molecule has 27 heavy (non-hydrogen) atoms. The van der Waals surface area contributed by atoms with E-state index in [0.29, 0.717) is 22.1 Å². The van der Waals surface area contributed by atoms with Gasteiger partial charge in [0.15, 0.2) is 5.37 Å². The second kappa shape index (κ2) is 8.60. The monoisotopic (exact) mass is 409 g/mol. The quantitative estimate of drug-likeness (QED) is 0.469. The Labute approximate surface area is 200 Å². The Morgan fingerprint density at radius 3 is 2.89 bits per heavy atom. The Morgan fingerprint density at radius 2 is 2.19 bits per heavy atom. The van der Waals surface area contributed by atoms with Crippen molar-refractivity contribution in [2.75, 3.05) is 0 Å². The molecule has 132 valence electrons. The minimum atomic E-state index is -0.511. The van der Waals surface area contributed by atoms with Gasteiger partial charge in [-0.15, -0.1) is 0 Å². The number of ether oxygens (including phenoxy) is 1. The average molecular weight is 409 g/mol. The fourth-order valence-electron chi connectivity index (χ4n) is 2.43. The van der Waals surface area contributed by atoms with E-state index >= 15 is 0 Å². The maximum absolute atomic E-state index is 11.5. The summed E-state index contributed by atoms with van der Waals surface area (Å²) in [5.41, 5.74) is 0.952. The van der Waals surface area contributed by atoms with E-state index in [-0.39, 0.29) is 62.8 Å². The molecule has 0 aliphatic carbocycles. The van der Waals surface area contributed by atoms with Gasteiger partial charge in [-0.1, -0.05) is 11.8 Å². The standard InChI is InChI=1S/C16H11N5O4S.K.H/c22-20-9-18-8-12-16(20)26-15(19-12)10-3-4-14(13(6-10)21(23)24)25-11-2-1-5-17-7-11;;/h1-9,16,22H;;. The molecule has 0 spiro atoms. The predicted octanol–water partition coefficient (Wildman–Crippen LogP) is 2.53. The summed E-state index contributed by atoms with van der Waals surface area (Å²) in [6.07, 6.45) is 5.89. The van der Waals surface area contributed by atoms with Crippen molar-refractivity contribution in [3.8, 4) is 11.5 Å². The van der Waals surface area contributed by atoms with Gasteiger partial charge in [0, 0.05) is 17.8 Å². The van der Waals surface area contributed by atoms with Crippen LogP contribution in [0.1, 0.15) is 5.56 Å². The number of nitro benzene ring substituents is 1. The van der Waals surface area contributed by atoms with Crippen LogP contribution >= 0.6 is 11.8 Å². The Balaban J connectivity index is 0.00000210. The van der Waals surface area contributed by atoms with Crippen molar-refractivity contribution in [2.45, 2.75) is 5.37 Å². The first-order valence-corrected chi connectivity index (χ1v) is 8.32. The summed E-state index contributed by atoms with van der Waals surface area (Å²) in [4.78, 5) is 23.1. The second-order valence-corrected chi connectivity index (χ2v) is 6.39. The van der Waals surface area contributed by atoms with E-state index in [2.05, 4.69) is 15.0 Å². The van der Waals surface area contributed by atoms with Crippen LogP contribution in [0, 0.1) is 10.1 Å². The fourth-order valence-corrected chi connectivity index (χ4v) is 3.46. The van der Waals surface area contributed by atoms with Crippen molar-refractivity contribution in [3.05, 3.63) is 70.3 Å². The summed E-state index contributed by atoms with van der Waals surface area (Å²) in [5.74, 6) is 0.513. The first-order chi connectivity index (χ1) is 12.6. The summed E-state index contributed by atoms with van der Waals surface area (Å²) >= 11 is 1.28. The number of rotatable bonds is 4. The minimum absolute atomic E-state index is 0. The first-order valence-electron chi connectivity index (χ1n) is 7.44. The van der Waals surface area contributed by atoms with Gasteiger partial charge in [-0.3, -0.25) is 20.3 Å². The molecule has 1 atom stereocenters. The number of hydrogen-bond donors (Lipinski definition) is 1. The molecule has 0 radical (unpaired) electrons. The molecule has 0 saturated heterocycles. The summed E-state index contributed by atoms with van der Waals surface area (Å²) in [6, 6.07) is 7.95. The van der Waals surface area contributed by atoms with Gasteiger partial charge in [0.2, 0.25) is 5.75 Å². The van der Waals surface area contributed by atoms with Crippen molar-refractivity contribution in [3.63, 3.8) is 0 Å². The molecule has 1 aromatic heterocycles. The molecule has 1 N–H and O–H groups in total. The molecule has 1 aromatic carbocycles. The van der Waals surface area contributed by atoms with Gasteiger partial charge in [0.1, 0.15) is 17.1 Å². The number of aliphatic imine (C=N–C) groups is 2. The van der Waals surface area contributed by atoms with Crippen molar-refractivity contribution in [1.29, 1.82) is 0 Å². The second-order valence-electron chi connectivity index (χ2n) is 5.32. The topological polar surface area (TPSA) is 113 Å². The Morgan fingerprint density at radius 1 is 1.33 bits per heavy atom. The molecule has 11 heteroatoms. The zero-order chi connectivity index (χ0) is 18.1. The summed E-state index contributed by atoms with van der Waals surface area (Å²) in [6.45, 7) is 0. The Hall–Kier alpha value is -1.60. The van der Waals surface area contributed by atoms with Gasteiger partial charge >= 0.3 is 57.1 Å². The molecule has 4 rings (SSSR count). The van der Waals surface area contributed by atoms with Crippen molar-refractivity contribution in [1.82, 2.24) is 10.0 Å². The van der Waals surface area contributed by atoms with E-state index in [9.17, 15) is 15.3 Å². The summed E-state index contributed by atoms with van der Waals surface area (Å²) in [7, 11) is 0. The number of pyridine rings is 1. The average Bonchev–Trinajstić information content (AvgIpc) is 3.08.